The monoisotopic (exact) mass is 245 g/mol. The second-order valence-electron chi connectivity index (χ2n) is 4.35. The molecule has 0 bridgehead atoms. The summed E-state index contributed by atoms with van der Waals surface area (Å²) in [7, 11) is 0. The van der Waals surface area contributed by atoms with Crippen LogP contribution in [-0.2, 0) is 0 Å². The van der Waals surface area contributed by atoms with Crippen LogP contribution in [0.1, 0.15) is 12.8 Å². The molecular weight excluding hydrogens is 231 g/mol. The van der Waals surface area contributed by atoms with Crippen LogP contribution >= 0.6 is 0 Å². The van der Waals surface area contributed by atoms with Crippen molar-refractivity contribution in [2.24, 2.45) is 0 Å². The quantitative estimate of drug-likeness (QED) is 0.822. The summed E-state index contributed by atoms with van der Waals surface area (Å²) in [5.41, 5.74) is -1.62. The Hall–Kier alpha value is -1.23. The summed E-state index contributed by atoms with van der Waals surface area (Å²) in [6.45, 7) is 0.444. The Morgan fingerprint density at radius 2 is 1.59 bits per heavy atom. The molecule has 0 unspecified atom stereocenters. The molecule has 0 spiro atoms. The molecule has 1 heterocycles. The van der Waals surface area contributed by atoms with Gasteiger partial charge in [0.25, 0.3) is 0 Å². The lowest BCUT2D eigenvalue weighted by molar-refractivity contribution is -0.266. The molecule has 1 N–H and O–H groups in total. The Labute approximate surface area is 97.7 Å². The highest BCUT2D eigenvalue weighted by Crippen LogP contribution is 2.39. The van der Waals surface area contributed by atoms with E-state index in [1.54, 1.807) is 0 Å². The van der Waals surface area contributed by atoms with Gasteiger partial charge in [-0.05, 0) is 12.1 Å². The molecule has 1 aromatic rings. The molecule has 0 amide bonds. The van der Waals surface area contributed by atoms with Gasteiger partial charge in [-0.25, -0.2) is 0 Å². The van der Waals surface area contributed by atoms with Crippen LogP contribution in [0.4, 0.5) is 18.9 Å². The van der Waals surface area contributed by atoms with Gasteiger partial charge in [-0.2, -0.15) is 13.2 Å². The lowest BCUT2D eigenvalue weighted by Crippen LogP contribution is -2.53. The zero-order valence-electron chi connectivity index (χ0n) is 9.24. The third-order valence-electron chi connectivity index (χ3n) is 3.24. The first-order chi connectivity index (χ1) is 7.92. The number of rotatable bonds is 1. The lowest BCUT2D eigenvalue weighted by Gasteiger charge is -2.40. The maximum absolute atomic E-state index is 12.6. The van der Waals surface area contributed by atoms with Crippen LogP contribution < -0.4 is 4.90 Å². The fourth-order valence-electron chi connectivity index (χ4n) is 2.06. The van der Waals surface area contributed by atoms with E-state index in [9.17, 15) is 18.3 Å². The van der Waals surface area contributed by atoms with Crippen LogP contribution in [0.3, 0.4) is 0 Å². The van der Waals surface area contributed by atoms with Crippen LogP contribution in [0.5, 0.6) is 0 Å². The number of halogens is 3. The van der Waals surface area contributed by atoms with Gasteiger partial charge in [0.1, 0.15) is 0 Å². The number of benzene rings is 1. The summed E-state index contributed by atoms with van der Waals surface area (Å²) in [4.78, 5) is 1.86. The topological polar surface area (TPSA) is 23.5 Å². The summed E-state index contributed by atoms with van der Waals surface area (Å²) >= 11 is 0. The molecule has 0 aromatic heterocycles. The molecular formula is C12H14F3NO. The van der Waals surface area contributed by atoms with Crippen LogP contribution in [0, 0.1) is 0 Å². The van der Waals surface area contributed by atoms with E-state index >= 15 is 0 Å². The van der Waals surface area contributed by atoms with Gasteiger partial charge in [-0.3, -0.25) is 0 Å². The lowest BCUT2D eigenvalue weighted by atomic mass is 9.90. The average molecular weight is 245 g/mol. The molecule has 1 saturated heterocycles. The minimum Gasteiger partial charge on any atom is -0.380 e. The van der Waals surface area contributed by atoms with Gasteiger partial charge in [0.15, 0.2) is 5.60 Å². The number of anilines is 1. The predicted molar refractivity (Wildman–Crippen MR) is 58.9 cm³/mol. The maximum atomic E-state index is 12.6. The largest absolute Gasteiger partial charge is 0.417 e. The molecule has 1 aliphatic heterocycles. The van der Waals surface area contributed by atoms with Gasteiger partial charge in [0, 0.05) is 31.6 Å². The van der Waals surface area contributed by atoms with Crippen molar-refractivity contribution in [1.29, 1.82) is 0 Å². The van der Waals surface area contributed by atoms with Crippen molar-refractivity contribution in [1.82, 2.24) is 0 Å². The molecule has 1 aliphatic rings. The molecule has 0 saturated carbocycles. The number of hydrogen-bond acceptors (Lipinski definition) is 2. The number of aliphatic hydroxyl groups is 1. The van der Waals surface area contributed by atoms with Crippen molar-refractivity contribution in [3.63, 3.8) is 0 Å². The second-order valence-corrected chi connectivity index (χ2v) is 4.35. The average Bonchev–Trinajstić information content (AvgIpc) is 2.30. The first-order valence-electron chi connectivity index (χ1n) is 5.51. The highest BCUT2D eigenvalue weighted by molar-refractivity contribution is 5.46. The highest BCUT2D eigenvalue weighted by Gasteiger charge is 2.54. The Morgan fingerprint density at radius 1 is 1.06 bits per heavy atom. The highest BCUT2D eigenvalue weighted by atomic mass is 19.4. The molecule has 17 heavy (non-hydrogen) atoms. The van der Waals surface area contributed by atoms with E-state index in [0.717, 1.165) is 5.69 Å². The minimum atomic E-state index is -4.53. The number of para-hydroxylation sites is 1. The van der Waals surface area contributed by atoms with Crippen molar-refractivity contribution in [3.05, 3.63) is 30.3 Å². The summed E-state index contributed by atoms with van der Waals surface area (Å²) in [5.74, 6) is 0. The fraction of sp³-hybridized carbons (Fsp3) is 0.500. The third kappa shape index (κ3) is 2.39. The molecule has 1 fully saturated rings. The van der Waals surface area contributed by atoms with Crippen molar-refractivity contribution in [3.8, 4) is 0 Å². The Morgan fingerprint density at radius 3 is 2.06 bits per heavy atom. The molecule has 0 radical (unpaired) electrons. The zero-order chi connectivity index (χ0) is 12.5. The van der Waals surface area contributed by atoms with Crippen LogP contribution in [0.2, 0.25) is 0 Å². The van der Waals surface area contributed by atoms with E-state index in [1.165, 1.54) is 0 Å². The Bertz CT molecular complexity index is 369. The van der Waals surface area contributed by atoms with E-state index in [4.69, 9.17) is 0 Å². The summed E-state index contributed by atoms with van der Waals surface area (Å²) in [6.07, 6.45) is -5.08. The van der Waals surface area contributed by atoms with Gasteiger partial charge >= 0.3 is 6.18 Å². The van der Waals surface area contributed by atoms with E-state index in [1.807, 2.05) is 35.2 Å². The molecule has 94 valence electrons. The molecule has 0 atom stereocenters. The number of nitrogens with zero attached hydrogens (tertiary/aromatic N) is 1. The van der Waals surface area contributed by atoms with E-state index in [2.05, 4.69) is 0 Å². The van der Waals surface area contributed by atoms with Crippen molar-refractivity contribution in [2.75, 3.05) is 18.0 Å². The van der Waals surface area contributed by atoms with E-state index in [0.29, 0.717) is 0 Å². The van der Waals surface area contributed by atoms with Crippen LogP contribution in [0.15, 0.2) is 30.3 Å². The minimum absolute atomic E-state index is 0.222. The van der Waals surface area contributed by atoms with Crippen LogP contribution in [0.25, 0.3) is 0 Å². The van der Waals surface area contributed by atoms with E-state index < -0.39 is 11.8 Å². The van der Waals surface area contributed by atoms with Crippen molar-refractivity contribution >= 4 is 5.69 Å². The second kappa shape index (κ2) is 4.22. The zero-order valence-corrected chi connectivity index (χ0v) is 9.24. The SMILES string of the molecule is OC1(C(F)(F)F)CCN(c2ccccc2)CC1. The first-order valence-corrected chi connectivity index (χ1v) is 5.51. The summed E-state index contributed by atoms with van der Waals surface area (Å²) in [5, 5.41) is 9.52. The summed E-state index contributed by atoms with van der Waals surface area (Å²) in [6, 6.07) is 9.27. The number of alkyl halides is 3. The first kappa shape index (κ1) is 12.2. The molecule has 5 heteroatoms. The molecule has 2 rings (SSSR count). The Kier molecular flexibility index (Phi) is 3.03. The summed E-state index contributed by atoms with van der Waals surface area (Å²) < 4.78 is 37.8. The number of hydrogen-bond donors (Lipinski definition) is 1. The number of piperidine rings is 1. The van der Waals surface area contributed by atoms with Gasteiger partial charge in [-0.15, -0.1) is 0 Å². The molecule has 1 aromatic carbocycles. The fourth-order valence-corrected chi connectivity index (χ4v) is 2.06. The molecule has 2 nitrogen and oxygen atoms in total. The van der Waals surface area contributed by atoms with Gasteiger partial charge in [-0.1, -0.05) is 18.2 Å². The third-order valence-corrected chi connectivity index (χ3v) is 3.24. The Balaban J connectivity index is 2.04. The van der Waals surface area contributed by atoms with Crippen LogP contribution in [-0.4, -0.2) is 30.0 Å². The normalized spacial score (nSPS) is 20.4. The smallest absolute Gasteiger partial charge is 0.380 e. The van der Waals surface area contributed by atoms with Gasteiger partial charge < -0.3 is 10.0 Å². The van der Waals surface area contributed by atoms with Gasteiger partial charge in [0.05, 0.1) is 0 Å². The maximum Gasteiger partial charge on any atom is 0.417 e. The predicted octanol–water partition coefficient (Wildman–Crippen LogP) is 2.58. The standard InChI is InChI=1S/C12H14F3NO/c13-12(14,15)11(17)6-8-16(9-7-11)10-4-2-1-3-5-10/h1-5,17H,6-9H2. The van der Waals surface area contributed by atoms with Crippen molar-refractivity contribution in [2.45, 2.75) is 24.6 Å². The molecule has 0 aliphatic carbocycles. The van der Waals surface area contributed by atoms with E-state index in [-0.39, 0.29) is 25.9 Å². The van der Waals surface area contributed by atoms with Gasteiger partial charge in [0.2, 0.25) is 0 Å². The van der Waals surface area contributed by atoms with Crippen molar-refractivity contribution < 1.29 is 18.3 Å².